The molecule has 3 nitrogen and oxygen atoms in total. The van der Waals surface area contributed by atoms with Crippen LogP contribution in [0.5, 0.6) is 5.75 Å². The second kappa shape index (κ2) is 4.09. The minimum atomic E-state index is -0.449. The molecule has 4 N–H and O–H groups in total. The smallest absolute Gasteiger partial charge is 0.128 e. The SMILES string of the molecule is C[NH2+]C[C@@H](O)c1ccc(O)cc1. The van der Waals surface area contributed by atoms with Gasteiger partial charge in [0.15, 0.2) is 0 Å². The molecule has 0 heterocycles. The van der Waals surface area contributed by atoms with Crippen molar-refractivity contribution in [2.75, 3.05) is 13.6 Å². The Balaban J connectivity index is 2.68. The molecule has 0 bridgehead atoms. The van der Waals surface area contributed by atoms with Crippen LogP contribution >= 0.6 is 0 Å². The lowest BCUT2D eigenvalue weighted by molar-refractivity contribution is -0.634. The highest BCUT2D eigenvalue weighted by atomic mass is 16.3. The van der Waals surface area contributed by atoms with Crippen molar-refractivity contribution in [3.05, 3.63) is 29.8 Å². The maximum Gasteiger partial charge on any atom is 0.128 e. The summed E-state index contributed by atoms with van der Waals surface area (Å²) in [5, 5.41) is 20.4. The fourth-order valence-corrected chi connectivity index (χ4v) is 1.06. The molecule has 0 saturated heterocycles. The van der Waals surface area contributed by atoms with Crippen molar-refractivity contribution in [1.29, 1.82) is 0 Å². The monoisotopic (exact) mass is 168 g/mol. The molecule has 0 saturated carbocycles. The molecule has 12 heavy (non-hydrogen) atoms. The van der Waals surface area contributed by atoms with E-state index in [2.05, 4.69) is 0 Å². The maximum atomic E-state index is 9.50. The summed E-state index contributed by atoms with van der Waals surface area (Å²) in [7, 11) is 1.91. The van der Waals surface area contributed by atoms with Crippen LogP contribution in [0.4, 0.5) is 0 Å². The third-order valence-corrected chi connectivity index (χ3v) is 1.74. The predicted octanol–water partition coefficient (Wildman–Crippen LogP) is -0.381. The number of benzene rings is 1. The van der Waals surface area contributed by atoms with Crippen molar-refractivity contribution >= 4 is 0 Å². The number of aliphatic hydroxyl groups is 1. The number of rotatable bonds is 3. The standard InChI is InChI=1S/C9H13NO2/c1-10-6-9(12)7-2-4-8(11)5-3-7/h2-5,9-12H,6H2,1H3/p+1/t9-/m1/s1. The molecule has 0 aliphatic heterocycles. The topological polar surface area (TPSA) is 57.1 Å². The van der Waals surface area contributed by atoms with Gasteiger partial charge in [-0.1, -0.05) is 12.1 Å². The van der Waals surface area contributed by atoms with Crippen molar-refractivity contribution in [2.24, 2.45) is 0 Å². The van der Waals surface area contributed by atoms with Crippen molar-refractivity contribution < 1.29 is 15.5 Å². The molecule has 0 spiro atoms. The zero-order valence-electron chi connectivity index (χ0n) is 7.07. The molecule has 1 rings (SSSR count). The van der Waals surface area contributed by atoms with Crippen LogP contribution in [0.25, 0.3) is 0 Å². The quantitative estimate of drug-likeness (QED) is 0.576. The van der Waals surface area contributed by atoms with E-state index in [1.165, 1.54) is 0 Å². The summed E-state index contributed by atoms with van der Waals surface area (Å²) in [4.78, 5) is 0. The van der Waals surface area contributed by atoms with Gasteiger partial charge in [-0.2, -0.15) is 0 Å². The van der Waals surface area contributed by atoms with Gasteiger partial charge < -0.3 is 15.5 Å². The fourth-order valence-electron chi connectivity index (χ4n) is 1.06. The average Bonchev–Trinajstić information content (AvgIpc) is 2.06. The Bertz CT molecular complexity index is 233. The van der Waals surface area contributed by atoms with Gasteiger partial charge in [-0.05, 0) is 17.7 Å². The van der Waals surface area contributed by atoms with Gasteiger partial charge in [0.05, 0.1) is 7.05 Å². The Morgan fingerprint density at radius 1 is 1.33 bits per heavy atom. The molecule has 0 amide bonds. The molecule has 0 fully saturated rings. The molecule has 0 aromatic heterocycles. The molecular weight excluding hydrogens is 154 g/mol. The molecule has 1 aromatic rings. The zero-order chi connectivity index (χ0) is 8.97. The number of quaternary nitrogens is 1. The number of aromatic hydroxyl groups is 1. The number of likely N-dealkylation sites (N-methyl/N-ethyl adjacent to an activating group) is 1. The van der Waals surface area contributed by atoms with E-state index in [0.29, 0.717) is 6.54 Å². The highest BCUT2D eigenvalue weighted by Crippen LogP contribution is 2.14. The van der Waals surface area contributed by atoms with Gasteiger partial charge in [0.25, 0.3) is 0 Å². The summed E-state index contributed by atoms with van der Waals surface area (Å²) in [5.74, 6) is 0.228. The second-order valence-electron chi connectivity index (χ2n) is 2.75. The van der Waals surface area contributed by atoms with Gasteiger partial charge in [-0.25, -0.2) is 0 Å². The lowest BCUT2D eigenvalue weighted by atomic mass is 10.1. The van der Waals surface area contributed by atoms with Gasteiger partial charge >= 0.3 is 0 Å². The van der Waals surface area contributed by atoms with E-state index in [1.54, 1.807) is 24.3 Å². The predicted molar refractivity (Wildman–Crippen MR) is 45.8 cm³/mol. The van der Waals surface area contributed by atoms with Crippen molar-refractivity contribution in [3.63, 3.8) is 0 Å². The van der Waals surface area contributed by atoms with Gasteiger partial charge in [-0.15, -0.1) is 0 Å². The Hall–Kier alpha value is -1.06. The Morgan fingerprint density at radius 3 is 2.42 bits per heavy atom. The van der Waals surface area contributed by atoms with Crippen LogP contribution in [0.1, 0.15) is 11.7 Å². The fraction of sp³-hybridized carbons (Fsp3) is 0.333. The summed E-state index contributed by atoms with van der Waals surface area (Å²) >= 11 is 0. The first-order valence-electron chi connectivity index (χ1n) is 3.99. The van der Waals surface area contributed by atoms with Gasteiger partial charge in [0, 0.05) is 0 Å². The first-order valence-corrected chi connectivity index (χ1v) is 3.99. The van der Waals surface area contributed by atoms with Crippen LogP contribution in [0, 0.1) is 0 Å². The van der Waals surface area contributed by atoms with Crippen molar-refractivity contribution in [1.82, 2.24) is 0 Å². The minimum absolute atomic E-state index is 0.228. The number of phenols is 1. The highest BCUT2D eigenvalue weighted by Gasteiger charge is 2.06. The summed E-state index contributed by atoms with van der Waals surface area (Å²) in [6.07, 6.45) is -0.449. The second-order valence-corrected chi connectivity index (χ2v) is 2.75. The third-order valence-electron chi connectivity index (χ3n) is 1.74. The van der Waals surface area contributed by atoms with Crippen LogP contribution in [-0.2, 0) is 0 Å². The number of nitrogens with two attached hydrogens (primary N) is 1. The van der Waals surface area contributed by atoms with Crippen LogP contribution in [-0.4, -0.2) is 23.8 Å². The largest absolute Gasteiger partial charge is 0.508 e. The van der Waals surface area contributed by atoms with Gasteiger partial charge in [0.1, 0.15) is 18.4 Å². The van der Waals surface area contributed by atoms with Crippen molar-refractivity contribution in [2.45, 2.75) is 6.10 Å². The van der Waals surface area contributed by atoms with E-state index in [-0.39, 0.29) is 5.75 Å². The van der Waals surface area contributed by atoms with Crippen LogP contribution in [0.3, 0.4) is 0 Å². The van der Waals surface area contributed by atoms with Crippen LogP contribution in [0.2, 0.25) is 0 Å². The molecule has 1 atom stereocenters. The Kier molecular flexibility index (Phi) is 3.08. The maximum absolute atomic E-state index is 9.50. The van der Waals surface area contributed by atoms with E-state index in [4.69, 9.17) is 5.11 Å². The van der Waals surface area contributed by atoms with Crippen molar-refractivity contribution in [3.8, 4) is 5.75 Å². The normalized spacial score (nSPS) is 12.8. The lowest BCUT2D eigenvalue weighted by Crippen LogP contribution is -2.80. The van der Waals surface area contributed by atoms with Gasteiger partial charge in [0.2, 0.25) is 0 Å². The molecule has 0 radical (unpaired) electrons. The zero-order valence-corrected chi connectivity index (χ0v) is 7.07. The van der Waals surface area contributed by atoms with Crippen LogP contribution in [0.15, 0.2) is 24.3 Å². The minimum Gasteiger partial charge on any atom is -0.508 e. The Morgan fingerprint density at radius 2 is 1.92 bits per heavy atom. The molecule has 3 heteroatoms. The first kappa shape index (κ1) is 9.03. The number of hydrogen-bond acceptors (Lipinski definition) is 2. The summed E-state index contributed by atoms with van der Waals surface area (Å²) < 4.78 is 0. The third kappa shape index (κ3) is 2.22. The highest BCUT2D eigenvalue weighted by molar-refractivity contribution is 5.27. The number of phenolic OH excluding ortho intramolecular Hbond substituents is 1. The number of hydrogen-bond donors (Lipinski definition) is 3. The summed E-state index contributed by atoms with van der Waals surface area (Å²) in [5.41, 5.74) is 0.839. The molecule has 66 valence electrons. The van der Waals surface area contributed by atoms with E-state index < -0.39 is 6.10 Å². The summed E-state index contributed by atoms with van der Waals surface area (Å²) in [6.45, 7) is 0.644. The lowest BCUT2D eigenvalue weighted by Gasteiger charge is -2.07. The van der Waals surface area contributed by atoms with E-state index in [1.807, 2.05) is 12.4 Å². The Labute approximate surface area is 71.7 Å². The van der Waals surface area contributed by atoms with E-state index >= 15 is 0 Å². The van der Waals surface area contributed by atoms with E-state index in [0.717, 1.165) is 5.56 Å². The molecular formula is C9H14NO2+. The molecule has 0 aliphatic carbocycles. The molecule has 1 aromatic carbocycles. The van der Waals surface area contributed by atoms with E-state index in [9.17, 15) is 5.11 Å². The van der Waals surface area contributed by atoms with Crippen LogP contribution < -0.4 is 5.32 Å². The van der Waals surface area contributed by atoms with Gasteiger partial charge in [-0.3, -0.25) is 0 Å². The number of aliphatic hydroxyl groups excluding tert-OH is 1. The average molecular weight is 168 g/mol. The molecule has 0 unspecified atom stereocenters. The molecule has 0 aliphatic rings. The first-order chi connectivity index (χ1) is 5.74. The summed E-state index contributed by atoms with van der Waals surface area (Å²) in [6, 6.07) is 6.61.